The molecule has 4 N–H and O–H groups in total. The zero-order chi connectivity index (χ0) is 15.4. The molecule has 1 heterocycles. The number of pyridine rings is 1. The van der Waals surface area contributed by atoms with Crippen LogP contribution >= 0.6 is 11.6 Å². The number of nitrogens with two attached hydrogens (primary N) is 1. The fourth-order valence-electron chi connectivity index (χ4n) is 1.60. The molecule has 21 heavy (non-hydrogen) atoms. The lowest BCUT2D eigenvalue weighted by Gasteiger charge is -2.07. The number of nitrogens with one attached hydrogen (secondary N) is 1. The molecule has 0 saturated carbocycles. The first-order valence-electron chi connectivity index (χ1n) is 6.02. The van der Waals surface area contributed by atoms with E-state index in [2.05, 4.69) is 15.5 Å². The molecule has 0 aliphatic carbocycles. The molecule has 0 aliphatic rings. The molecule has 2 rings (SSSR count). The second kappa shape index (κ2) is 6.23. The number of benzene rings is 1. The number of amides is 1. The van der Waals surface area contributed by atoms with E-state index in [0.29, 0.717) is 16.3 Å². The summed E-state index contributed by atoms with van der Waals surface area (Å²) in [6.45, 7) is 1.88. The van der Waals surface area contributed by atoms with Crippen LogP contribution in [-0.4, -0.2) is 21.9 Å². The largest absolute Gasteiger partial charge is 0.409 e. The van der Waals surface area contributed by atoms with Crippen molar-refractivity contribution in [1.29, 1.82) is 0 Å². The highest BCUT2D eigenvalue weighted by molar-refractivity contribution is 6.31. The average Bonchev–Trinajstić information content (AvgIpc) is 2.50. The standard InChI is InChI=1S/C14H13ClN4O2/c1-8-2-4-10(6-11(8)15)18-14(20)12-5-3-9(7-17-12)13(16)19-21/h2-7,21H,1H3,(H2,16,19)(H,18,20). The molecule has 0 spiro atoms. The van der Waals surface area contributed by atoms with Gasteiger partial charge in [-0.3, -0.25) is 9.78 Å². The summed E-state index contributed by atoms with van der Waals surface area (Å²) in [5.41, 5.74) is 7.56. The van der Waals surface area contributed by atoms with Crippen LogP contribution in [0.15, 0.2) is 41.7 Å². The van der Waals surface area contributed by atoms with E-state index in [4.69, 9.17) is 22.5 Å². The van der Waals surface area contributed by atoms with Crippen molar-refractivity contribution in [2.75, 3.05) is 5.32 Å². The summed E-state index contributed by atoms with van der Waals surface area (Å²) in [4.78, 5) is 16.0. The van der Waals surface area contributed by atoms with Crippen LogP contribution in [0, 0.1) is 6.92 Å². The van der Waals surface area contributed by atoms with Crippen LogP contribution in [0.1, 0.15) is 21.6 Å². The minimum absolute atomic E-state index is 0.0697. The topological polar surface area (TPSA) is 101 Å². The smallest absolute Gasteiger partial charge is 0.274 e. The van der Waals surface area contributed by atoms with Crippen molar-refractivity contribution in [1.82, 2.24) is 4.98 Å². The zero-order valence-corrected chi connectivity index (χ0v) is 11.9. The van der Waals surface area contributed by atoms with Gasteiger partial charge in [0.2, 0.25) is 0 Å². The van der Waals surface area contributed by atoms with Crippen LogP contribution in [0.5, 0.6) is 0 Å². The molecular formula is C14H13ClN4O2. The Bertz CT molecular complexity index is 699. The molecule has 0 fully saturated rings. The van der Waals surface area contributed by atoms with E-state index in [1.54, 1.807) is 18.2 Å². The Hall–Kier alpha value is -2.60. The lowest BCUT2D eigenvalue weighted by atomic mass is 10.2. The Labute approximate surface area is 126 Å². The van der Waals surface area contributed by atoms with Crippen LogP contribution in [0.2, 0.25) is 5.02 Å². The molecule has 0 bridgehead atoms. The highest BCUT2D eigenvalue weighted by Gasteiger charge is 2.09. The lowest BCUT2D eigenvalue weighted by molar-refractivity contribution is 0.102. The first kappa shape index (κ1) is 14.8. The molecule has 7 heteroatoms. The van der Waals surface area contributed by atoms with Gasteiger partial charge in [0.15, 0.2) is 5.84 Å². The number of carbonyl (C=O) groups is 1. The summed E-state index contributed by atoms with van der Waals surface area (Å²) in [5.74, 6) is -0.444. The molecule has 0 aliphatic heterocycles. The van der Waals surface area contributed by atoms with Gasteiger partial charge in [0.1, 0.15) is 5.69 Å². The monoisotopic (exact) mass is 304 g/mol. The van der Waals surface area contributed by atoms with Crippen molar-refractivity contribution in [3.63, 3.8) is 0 Å². The number of halogens is 1. The highest BCUT2D eigenvalue weighted by atomic mass is 35.5. The van der Waals surface area contributed by atoms with Crippen LogP contribution in [0.25, 0.3) is 0 Å². The summed E-state index contributed by atoms with van der Waals surface area (Å²) < 4.78 is 0. The minimum atomic E-state index is -0.374. The maximum atomic E-state index is 12.0. The van der Waals surface area contributed by atoms with Crippen molar-refractivity contribution in [3.8, 4) is 0 Å². The fraction of sp³-hybridized carbons (Fsp3) is 0.0714. The second-order valence-electron chi connectivity index (χ2n) is 4.34. The van der Waals surface area contributed by atoms with Gasteiger partial charge in [-0.25, -0.2) is 0 Å². The van der Waals surface area contributed by atoms with Crippen molar-refractivity contribution in [2.45, 2.75) is 6.92 Å². The third kappa shape index (κ3) is 3.49. The molecular weight excluding hydrogens is 292 g/mol. The van der Waals surface area contributed by atoms with Gasteiger partial charge < -0.3 is 16.3 Å². The molecule has 2 aromatic rings. The molecule has 108 valence electrons. The normalized spacial score (nSPS) is 11.2. The van der Waals surface area contributed by atoms with Gasteiger partial charge in [0.25, 0.3) is 5.91 Å². The Morgan fingerprint density at radius 1 is 1.38 bits per heavy atom. The summed E-state index contributed by atoms with van der Waals surface area (Å²) in [6, 6.07) is 8.26. The minimum Gasteiger partial charge on any atom is -0.409 e. The molecule has 1 amide bonds. The van der Waals surface area contributed by atoms with E-state index in [9.17, 15) is 4.79 Å². The number of carbonyl (C=O) groups excluding carboxylic acids is 1. The number of rotatable bonds is 3. The number of hydrogen-bond acceptors (Lipinski definition) is 4. The fourth-order valence-corrected chi connectivity index (χ4v) is 1.78. The van der Waals surface area contributed by atoms with E-state index < -0.39 is 0 Å². The first-order valence-corrected chi connectivity index (χ1v) is 6.40. The Morgan fingerprint density at radius 3 is 2.71 bits per heavy atom. The van der Waals surface area contributed by atoms with Crippen LogP contribution in [0.4, 0.5) is 5.69 Å². The van der Waals surface area contributed by atoms with E-state index in [0.717, 1.165) is 5.56 Å². The van der Waals surface area contributed by atoms with Crippen LogP contribution in [0.3, 0.4) is 0 Å². The summed E-state index contributed by atoms with van der Waals surface area (Å²) in [5, 5.41) is 14.7. The number of nitrogens with zero attached hydrogens (tertiary/aromatic N) is 2. The number of amidine groups is 1. The Kier molecular flexibility index (Phi) is 4.39. The van der Waals surface area contributed by atoms with E-state index in [-0.39, 0.29) is 17.4 Å². The predicted octanol–water partition coefficient (Wildman–Crippen LogP) is 2.39. The second-order valence-corrected chi connectivity index (χ2v) is 4.74. The van der Waals surface area contributed by atoms with Gasteiger partial charge in [-0.1, -0.05) is 22.8 Å². The molecule has 1 aromatic heterocycles. The first-order chi connectivity index (χ1) is 10.0. The van der Waals surface area contributed by atoms with Crippen molar-refractivity contribution in [2.24, 2.45) is 10.9 Å². The molecule has 0 radical (unpaired) electrons. The zero-order valence-electron chi connectivity index (χ0n) is 11.2. The summed E-state index contributed by atoms with van der Waals surface area (Å²) in [6.07, 6.45) is 1.35. The third-order valence-corrected chi connectivity index (χ3v) is 3.24. The number of aryl methyl sites for hydroxylation is 1. The van der Waals surface area contributed by atoms with Gasteiger partial charge in [-0.2, -0.15) is 0 Å². The lowest BCUT2D eigenvalue weighted by Crippen LogP contribution is -2.16. The molecule has 1 aromatic carbocycles. The highest BCUT2D eigenvalue weighted by Crippen LogP contribution is 2.20. The molecule has 0 atom stereocenters. The maximum absolute atomic E-state index is 12.0. The van der Waals surface area contributed by atoms with Gasteiger partial charge in [-0.05, 0) is 36.8 Å². The Morgan fingerprint density at radius 2 is 2.14 bits per heavy atom. The number of aromatic nitrogens is 1. The molecule has 0 unspecified atom stereocenters. The quantitative estimate of drug-likeness (QED) is 0.351. The number of anilines is 1. The summed E-state index contributed by atoms with van der Waals surface area (Å²) in [7, 11) is 0. The van der Waals surface area contributed by atoms with E-state index in [1.165, 1.54) is 12.3 Å². The number of oxime groups is 1. The van der Waals surface area contributed by atoms with Gasteiger partial charge >= 0.3 is 0 Å². The van der Waals surface area contributed by atoms with E-state index in [1.807, 2.05) is 13.0 Å². The van der Waals surface area contributed by atoms with Gasteiger partial charge in [0, 0.05) is 22.5 Å². The van der Waals surface area contributed by atoms with Gasteiger partial charge in [0.05, 0.1) is 0 Å². The molecule has 0 saturated heterocycles. The van der Waals surface area contributed by atoms with Crippen molar-refractivity contribution < 1.29 is 10.0 Å². The average molecular weight is 305 g/mol. The third-order valence-electron chi connectivity index (χ3n) is 2.83. The maximum Gasteiger partial charge on any atom is 0.274 e. The molecule has 6 nitrogen and oxygen atoms in total. The van der Waals surface area contributed by atoms with Gasteiger partial charge in [-0.15, -0.1) is 0 Å². The van der Waals surface area contributed by atoms with E-state index >= 15 is 0 Å². The van der Waals surface area contributed by atoms with Crippen LogP contribution < -0.4 is 11.1 Å². The number of hydrogen-bond donors (Lipinski definition) is 3. The summed E-state index contributed by atoms with van der Waals surface area (Å²) >= 11 is 6.00. The van der Waals surface area contributed by atoms with Crippen LogP contribution in [-0.2, 0) is 0 Å². The Balaban J connectivity index is 2.14. The predicted molar refractivity (Wildman–Crippen MR) is 80.9 cm³/mol. The van der Waals surface area contributed by atoms with Crippen molar-refractivity contribution in [3.05, 3.63) is 58.4 Å². The van der Waals surface area contributed by atoms with Crippen molar-refractivity contribution >= 4 is 29.0 Å². The SMILES string of the molecule is Cc1ccc(NC(=O)c2ccc(C(N)=NO)cn2)cc1Cl.